The first-order valence-corrected chi connectivity index (χ1v) is 6.27. The van der Waals surface area contributed by atoms with Crippen molar-refractivity contribution in [1.82, 2.24) is 19.5 Å². The van der Waals surface area contributed by atoms with Crippen LogP contribution in [-0.4, -0.2) is 59.3 Å². The van der Waals surface area contributed by atoms with E-state index in [0.717, 1.165) is 0 Å². The van der Waals surface area contributed by atoms with Gasteiger partial charge in [-0.25, -0.2) is 15.0 Å². The number of rotatable bonds is 2. The fourth-order valence-corrected chi connectivity index (χ4v) is 2.53. The third-order valence-electron chi connectivity index (χ3n) is 3.73. The highest BCUT2D eigenvalue weighted by molar-refractivity contribution is 5.72. The Hall–Kier alpha value is -1.61. The van der Waals surface area contributed by atoms with E-state index in [2.05, 4.69) is 15.0 Å². The van der Waals surface area contributed by atoms with Gasteiger partial charge in [0.05, 0.1) is 18.6 Å². The largest absolute Gasteiger partial charge is 0.394 e. The average Bonchev–Trinajstić information content (AvgIpc) is 2.92. The van der Waals surface area contributed by atoms with Crippen molar-refractivity contribution in [2.75, 3.05) is 6.61 Å². The monoisotopic (exact) mass is 280 g/mol. The van der Waals surface area contributed by atoms with Crippen LogP contribution in [0.25, 0.3) is 11.2 Å². The van der Waals surface area contributed by atoms with Gasteiger partial charge in [-0.15, -0.1) is 0 Å². The van der Waals surface area contributed by atoms with Gasteiger partial charge in [0, 0.05) is 0 Å². The molecule has 20 heavy (non-hydrogen) atoms. The molecule has 0 aliphatic carbocycles. The molecule has 4 atom stereocenters. The Kier molecular flexibility index (Phi) is 2.98. The van der Waals surface area contributed by atoms with Gasteiger partial charge < -0.3 is 20.1 Å². The van der Waals surface area contributed by atoms with Gasteiger partial charge in [0.15, 0.2) is 11.9 Å². The van der Waals surface area contributed by atoms with Gasteiger partial charge in [-0.2, -0.15) is 0 Å². The zero-order chi connectivity index (χ0) is 14.5. The Balaban J connectivity index is 2.10. The maximum absolute atomic E-state index is 10.4. The van der Waals surface area contributed by atoms with Gasteiger partial charge in [0.2, 0.25) is 0 Å². The summed E-state index contributed by atoms with van der Waals surface area (Å²) in [5.41, 5.74) is 0.271. The van der Waals surface area contributed by atoms with Crippen LogP contribution < -0.4 is 0 Å². The lowest BCUT2D eigenvalue weighted by Crippen LogP contribution is -2.44. The van der Waals surface area contributed by atoms with Crippen LogP contribution in [-0.2, 0) is 4.74 Å². The van der Waals surface area contributed by atoms with Crippen LogP contribution in [0.5, 0.6) is 0 Å². The minimum atomic E-state index is -1.56. The Bertz CT molecular complexity index is 641. The van der Waals surface area contributed by atoms with Crippen molar-refractivity contribution >= 4 is 11.2 Å². The van der Waals surface area contributed by atoms with Gasteiger partial charge in [-0.05, 0) is 13.8 Å². The van der Waals surface area contributed by atoms with Crippen molar-refractivity contribution in [3.05, 3.63) is 18.3 Å². The summed E-state index contributed by atoms with van der Waals surface area (Å²) in [6.45, 7) is 2.88. The second-order valence-electron chi connectivity index (χ2n) is 5.16. The van der Waals surface area contributed by atoms with E-state index in [4.69, 9.17) is 4.74 Å². The summed E-state index contributed by atoms with van der Waals surface area (Å²) in [7, 11) is 0. The Morgan fingerprint density at radius 2 is 2.15 bits per heavy atom. The molecule has 2 aromatic heterocycles. The summed E-state index contributed by atoms with van der Waals surface area (Å²) in [6, 6.07) is 0. The highest BCUT2D eigenvalue weighted by atomic mass is 16.6. The van der Waals surface area contributed by atoms with Crippen molar-refractivity contribution in [2.24, 2.45) is 0 Å². The number of aryl methyl sites for hydroxylation is 1. The molecule has 0 bridgehead atoms. The molecule has 0 saturated carbocycles. The first-order chi connectivity index (χ1) is 9.46. The lowest BCUT2D eigenvalue weighted by atomic mass is 9.96. The van der Waals surface area contributed by atoms with Gasteiger partial charge in [-0.3, -0.25) is 4.57 Å². The van der Waals surface area contributed by atoms with E-state index in [0.29, 0.717) is 16.9 Å². The summed E-state index contributed by atoms with van der Waals surface area (Å²) >= 11 is 0. The minimum absolute atomic E-state index is 0.380. The van der Waals surface area contributed by atoms with Crippen LogP contribution in [0.2, 0.25) is 0 Å². The lowest BCUT2D eigenvalue weighted by Gasteiger charge is -2.27. The molecule has 108 valence electrons. The van der Waals surface area contributed by atoms with Crippen LogP contribution in [0.4, 0.5) is 0 Å². The van der Waals surface area contributed by atoms with E-state index < -0.39 is 24.0 Å². The van der Waals surface area contributed by atoms with E-state index in [1.54, 1.807) is 11.5 Å². The topological polar surface area (TPSA) is 114 Å². The second-order valence-corrected chi connectivity index (χ2v) is 5.16. The lowest BCUT2D eigenvalue weighted by molar-refractivity contribution is -0.0950. The predicted molar refractivity (Wildman–Crippen MR) is 67.7 cm³/mol. The molecule has 1 saturated heterocycles. The fourth-order valence-electron chi connectivity index (χ4n) is 2.53. The maximum atomic E-state index is 10.4. The van der Waals surface area contributed by atoms with E-state index in [1.165, 1.54) is 19.6 Å². The number of fused-ring (bicyclic) bond motifs is 1. The summed E-state index contributed by atoms with van der Waals surface area (Å²) < 4.78 is 7.09. The minimum Gasteiger partial charge on any atom is -0.394 e. The summed E-state index contributed by atoms with van der Waals surface area (Å²) in [4.78, 5) is 12.4. The molecule has 1 aliphatic heterocycles. The summed E-state index contributed by atoms with van der Waals surface area (Å²) in [5, 5.41) is 29.7. The Labute approximate surface area is 114 Å². The molecular weight excluding hydrogens is 264 g/mol. The second kappa shape index (κ2) is 4.45. The van der Waals surface area contributed by atoms with Crippen molar-refractivity contribution in [3.8, 4) is 0 Å². The smallest absolute Gasteiger partial charge is 0.168 e. The normalized spacial score (nSPS) is 34.0. The van der Waals surface area contributed by atoms with Crippen LogP contribution in [0.1, 0.15) is 18.8 Å². The molecule has 4 unspecified atom stereocenters. The summed E-state index contributed by atoms with van der Waals surface area (Å²) in [6.07, 6.45) is -0.0422. The van der Waals surface area contributed by atoms with Crippen molar-refractivity contribution < 1.29 is 20.1 Å². The summed E-state index contributed by atoms with van der Waals surface area (Å²) in [5.74, 6) is 0. The van der Waals surface area contributed by atoms with Crippen LogP contribution in [0, 0.1) is 6.92 Å². The molecule has 0 radical (unpaired) electrons. The average molecular weight is 280 g/mol. The zero-order valence-electron chi connectivity index (χ0n) is 11.1. The van der Waals surface area contributed by atoms with E-state index in [1.807, 2.05) is 0 Å². The third kappa shape index (κ3) is 1.73. The number of imidazole rings is 1. The highest BCUT2D eigenvalue weighted by Crippen LogP contribution is 2.39. The zero-order valence-corrected chi connectivity index (χ0v) is 11.1. The van der Waals surface area contributed by atoms with Crippen molar-refractivity contribution in [1.29, 1.82) is 0 Å². The third-order valence-corrected chi connectivity index (χ3v) is 3.73. The van der Waals surface area contributed by atoms with Crippen LogP contribution in [0.3, 0.4) is 0 Å². The van der Waals surface area contributed by atoms with Gasteiger partial charge in [0.1, 0.15) is 29.7 Å². The Morgan fingerprint density at radius 3 is 2.80 bits per heavy atom. The number of ether oxygens (including phenoxy) is 1. The predicted octanol–water partition coefficient (Wildman–Crippen LogP) is -0.864. The molecular formula is C12H16N4O4. The molecule has 0 spiro atoms. The number of nitrogens with zero attached hydrogens (tertiary/aromatic N) is 4. The SMILES string of the molecule is Cc1ncnc2c1ncn2C1OC(CO)C(O)C1(C)O. The molecule has 8 heteroatoms. The van der Waals surface area contributed by atoms with Gasteiger partial charge >= 0.3 is 0 Å². The number of aromatic nitrogens is 4. The number of aliphatic hydroxyl groups is 3. The standard InChI is InChI=1S/C12H16N4O4/c1-6-8-10(14-4-13-6)16(5-15-8)11-12(2,19)9(18)7(3-17)20-11/h4-5,7,9,11,17-19H,3H2,1-2H3. The van der Waals surface area contributed by atoms with Crippen molar-refractivity contribution in [2.45, 2.75) is 37.9 Å². The number of hydrogen-bond acceptors (Lipinski definition) is 7. The molecule has 2 aromatic rings. The van der Waals surface area contributed by atoms with E-state index >= 15 is 0 Å². The van der Waals surface area contributed by atoms with Gasteiger partial charge in [-0.1, -0.05) is 0 Å². The van der Waals surface area contributed by atoms with Crippen molar-refractivity contribution in [3.63, 3.8) is 0 Å². The first-order valence-electron chi connectivity index (χ1n) is 6.27. The van der Waals surface area contributed by atoms with Gasteiger partial charge in [0.25, 0.3) is 0 Å². The molecule has 0 amide bonds. The van der Waals surface area contributed by atoms with E-state index in [9.17, 15) is 15.3 Å². The maximum Gasteiger partial charge on any atom is 0.168 e. The molecule has 3 N–H and O–H groups in total. The molecule has 0 aromatic carbocycles. The molecule has 1 aliphatic rings. The highest BCUT2D eigenvalue weighted by Gasteiger charge is 2.53. The molecule has 3 heterocycles. The van der Waals surface area contributed by atoms with Crippen LogP contribution >= 0.6 is 0 Å². The van der Waals surface area contributed by atoms with E-state index in [-0.39, 0.29) is 6.61 Å². The number of aliphatic hydroxyl groups excluding tert-OH is 2. The number of hydrogen-bond donors (Lipinski definition) is 3. The van der Waals surface area contributed by atoms with Crippen LogP contribution in [0.15, 0.2) is 12.7 Å². The first kappa shape index (κ1) is 13.4. The Morgan fingerprint density at radius 1 is 1.40 bits per heavy atom. The molecule has 3 rings (SSSR count). The molecule has 1 fully saturated rings. The fraction of sp³-hybridized carbons (Fsp3) is 0.583. The quantitative estimate of drug-likeness (QED) is 0.655. The molecule has 8 nitrogen and oxygen atoms in total.